The van der Waals surface area contributed by atoms with Gasteiger partial charge in [0.25, 0.3) is 0 Å². The Labute approximate surface area is 234 Å². The molecule has 188 valence electrons. The number of nitrogens with zero attached hydrogens (tertiary/aromatic N) is 4. The number of rotatable bonds is 4. The standard InChI is InChI=1S/C35H22N4S/c1-4-12-23(13-5-1)26-20-21-29-28(22-26)32-31(27-18-10-11-19-30(27)40-32)39(29)35-37-33(24-14-6-2-7-15-24)36-34(38-35)25-16-8-3-9-17-25/h1-22H. The molecule has 0 spiro atoms. The van der Waals surface area contributed by atoms with E-state index >= 15 is 0 Å². The Hall–Kier alpha value is -5.13. The highest BCUT2D eigenvalue weighted by molar-refractivity contribution is 7.26. The molecule has 0 N–H and O–H groups in total. The van der Waals surface area contributed by atoms with E-state index in [0.29, 0.717) is 17.6 Å². The lowest BCUT2D eigenvalue weighted by Crippen LogP contribution is -2.06. The van der Waals surface area contributed by atoms with Crippen molar-refractivity contribution in [2.24, 2.45) is 0 Å². The fraction of sp³-hybridized carbons (Fsp3) is 0. The third-order valence-corrected chi connectivity index (χ3v) is 8.46. The predicted molar refractivity (Wildman–Crippen MR) is 166 cm³/mol. The molecule has 0 saturated carbocycles. The van der Waals surface area contributed by atoms with E-state index in [1.54, 1.807) is 0 Å². The lowest BCUT2D eigenvalue weighted by atomic mass is 10.0. The van der Waals surface area contributed by atoms with E-state index < -0.39 is 0 Å². The summed E-state index contributed by atoms with van der Waals surface area (Å²) in [5.41, 5.74) is 6.51. The second-order valence-corrected chi connectivity index (χ2v) is 10.8. The van der Waals surface area contributed by atoms with Crippen LogP contribution in [0.25, 0.3) is 71.1 Å². The molecule has 3 aromatic heterocycles. The zero-order valence-corrected chi connectivity index (χ0v) is 22.2. The molecule has 4 nitrogen and oxygen atoms in total. The summed E-state index contributed by atoms with van der Waals surface area (Å²) in [5, 5.41) is 2.39. The lowest BCUT2D eigenvalue weighted by Gasteiger charge is -2.11. The average molecular weight is 531 g/mol. The van der Waals surface area contributed by atoms with E-state index in [1.807, 2.05) is 72.0 Å². The van der Waals surface area contributed by atoms with Gasteiger partial charge in [0.05, 0.1) is 15.7 Å². The summed E-state index contributed by atoms with van der Waals surface area (Å²) in [6.45, 7) is 0. The van der Waals surface area contributed by atoms with E-state index in [2.05, 4.69) is 77.4 Å². The van der Waals surface area contributed by atoms with Gasteiger partial charge in [0.1, 0.15) is 0 Å². The Morgan fingerprint density at radius 1 is 0.475 bits per heavy atom. The largest absolute Gasteiger partial charge is 0.276 e. The zero-order chi connectivity index (χ0) is 26.5. The third kappa shape index (κ3) is 3.71. The summed E-state index contributed by atoms with van der Waals surface area (Å²) in [7, 11) is 0. The van der Waals surface area contributed by atoms with Crippen LogP contribution < -0.4 is 0 Å². The highest BCUT2D eigenvalue weighted by Crippen LogP contribution is 2.43. The molecule has 40 heavy (non-hydrogen) atoms. The molecule has 0 fully saturated rings. The van der Waals surface area contributed by atoms with Gasteiger partial charge >= 0.3 is 0 Å². The normalized spacial score (nSPS) is 11.5. The maximum absolute atomic E-state index is 5.08. The van der Waals surface area contributed by atoms with Gasteiger partial charge in [-0.25, -0.2) is 4.98 Å². The minimum absolute atomic E-state index is 0.615. The minimum atomic E-state index is 0.615. The number of thiophene rings is 1. The molecule has 0 saturated heterocycles. The summed E-state index contributed by atoms with van der Waals surface area (Å²) < 4.78 is 4.70. The second kappa shape index (κ2) is 9.26. The molecule has 0 atom stereocenters. The van der Waals surface area contributed by atoms with Crippen molar-refractivity contribution in [2.45, 2.75) is 0 Å². The van der Waals surface area contributed by atoms with Crippen molar-refractivity contribution in [1.82, 2.24) is 19.5 Å². The molecule has 0 amide bonds. The van der Waals surface area contributed by atoms with Crippen molar-refractivity contribution >= 4 is 42.5 Å². The van der Waals surface area contributed by atoms with Gasteiger partial charge in [-0.15, -0.1) is 11.3 Å². The number of hydrogen-bond acceptors (Lipinski definition) is 4. The van der Waals surface area contributed by atoms with Crippen molar-refractivity contribution in [3.8, 4) is 39.9 Å². The molecular formula is C35H22N4S. The van der Waals surface area contributed by atoms with Gasteiger partial charge < -0.3 is 0 Å². The van der Waals surface area contributed by atoms with Gasteiger partial charge in [-0.2, -0.15) is 9.97 Å². The Kier molecular flexibility index (Phi) is 5.28. The van der Waals surface area contributed by atoms with Crippen LogP contribution in [0.4, 0.5) is 0 Å². The first kappa shape index (κ1) is 22.8. The second-order valence-electron chi connectivity index (χ2n) is 9.72. The van der Waals surface area contributed by atoms with Crippen LogP contribution in [0, 0.1) is 0 Å². The molecule has 5 aromatic carbocycles. The van der Waals surface area contributed by atoms with Crippen molar-refractivity contribution in [3.05, 3.63) is 133 Å². The molecule has 8 aromatic rings. The van der Waals surface area contributed by atoms with Gasteiger partial charge in [-0.1, -0.05) is 115 Å². The van der Waals surface area contributed by atoms with Crippen LogP contribution in [0.5, 0.6) is 0 Å². The van der Waals surface area contributed by atoms with E-state index in [9.17, 15) is 0 Å². The first-order valence-electron chi connectivity index (χ1n) is 13.2. The molecule has 0 radical (unpaired) electrons. The van der Waals surface area contributed by atoms with Crippen molar-refractivity contribution in [1.29, 1.82) is 0 Å². The predicted octanol–water partition coefficient (Wildman–Crippen LogP) is 9.18. The van der Waals surface area contributed by atoms with Crippen LogP contribution >= 0.6 is 11.3 Å². The number of aromatic nitrogens is 4. The Morgan fingerprint density at radius 3 is 1.70 bits per heavy atom. The molecule has 5 heteroatoms. The SMILES string of the molecule is c1ccc(-c2ccc3c(c2)c2sc4ccccc4c2n3-c2nc(-c3ccccc3)nc(-c3ccccc3)n2)cc1. The topological polar surface area (TPSA) is 43.6 Å². The first-order valence-corrected chi connectivity index (χ1v) is 14.0. The van der Waals surface area contributed by atoms with Crippen LogP contribution in [-0.2, 0) is 0 Å². The third-order valence-electron chi connectivity index (χ3n) is 7.27. The Balaban J connectivity index is 1.47. The van der Waals surface area contributed by atoms with Crippen molar-refractivity contribution in [2.75, 3.05) is 0 Å². The average Bonchev–Trinajstić information content (AvgIpc) is 3.56. The van der Waals surface area contributed by atoms with Crippen LogP contribution in [-0.4, -0.2) is 19.5 Å². The molecule has 0 aliphatic rings. The van der Waals surface area contributed by atoms with E-state index in [-0.39, 0.29) is 0 Å². The number of benzene rings is 5. The van der Waals surface area contributed by atoms with E-state index in [0.717, 1.165) is 22.2 Å². The number of fused-ring (bicyclic) bond motifs is 5. The lowest BCUT2D eigenvalue weighted by molar-refractivity contribution is 0.955. The van der Waals surface area contributed by atoms with Gasteiger partial charge in [0, 0.05) is 26.6 Å². The van der Waals surface area contributed by atoms with Gasteiger partial charge in [0.15, 0.2) is 11.6 Å². The molecule has 0 aliphatic carbocycles. The van der Waals surface area contributed by atoms with Crippen LogP contribution in [0.2, 0.25) is 0 Å². The van der Waals surface area contributed by atoms with Gasteiger partial charge in [-0.05, 0) is 29.3 Å². The fourth-order valence-electron chi connectivity index (χ4n) is 5.39. The highest BCUT2D eigenvalue weighted by Gasteiger charge is 2.21. The van der Waals surface area contributed by atoms with Crippen LogP contribution in [0.15, 0.2) is 133 Å². The first-order chi connectivity index (χ1) is 19.8. The van der Waals surface area contributed by atoms with E-state index in [4.69, 9.17) is 15.0 Å². The van der Waals surface area contributed by atoms with Crippen LogP contribution in [0.1, 0.15) is 0 Å². The van der Waals surface area contributed by atoms with E-state index in [1.165, 1.54) is 31.3 Å². The smallest absolute Gasteiger partial charge is 0.238 e. The fourth-order valence-corrected chi connectivity index (χ4v) is 6.60. The molecule has 0 bridgehead atoms. The summed E-state index contributed by atoms with van der Waals surface area (Å²) in [5.74, 6) is 1.92. The van der Waals surface area contributed by atoms with Crippen molar-refractivity contribution in [3.63, 3.8) is 0 Å². The molecule has 3 heterocycles. The molecular weight excluding hydrogens is 508 g/mol. The summed E-state index contributed by atoms with van der Waals surface area (Å²) in [6, 6.07) is 46.1. The molecule has 8 rings (SSSR count). The maximum Gasteiger partial charge on any atom is 0.238 e. The highest BCUT2D eigenvalue weighted by atomic mass is 32.1. The van der Waals surface area contributed by atoms with Crippen LogP contribution in [0.3, 0.4) is 0 Å². The molecule has 0 unspecified atom stereocenters. The number of hydrogen-bond donors (Lipinski definition) is 0. The quantitative estimate of drug-likeness (QED) is 0.228. The monoisotopic (exact) mass is 530 g/mol. The Morgan fingerprint density at radius 2 is 1.05 bits per heavy atom. The minimum Gasteiger partial charge on any atom is -0.276 e. The van der Waals surface area contributed by atoms with Crippen molar-refractivity contribution < 1.29 is 0 Å². The maximum atomic E-state index is 5.08. The van der Waals surface area contributed by atoms with Gasteiger partial charge in [0.2, 0.25) is 5.95 Å². The van der Waals surface area contributed by atoms with Gasteiger partial charge in [-0.3, -0.25) is 4.57 Å². The summed E-state index contributed by atoms with van der Waals surface area (Å²) in [6.07, 6.45) is 0. The summed E-state index contributed by atoms with van der Waals surface area (Å²) in [4.78, 5) is 15.1. The summed E-state index contributed by atoms with van der Waals surface area (Å²) >= 11 is 1.82. The molecule has 0 aliphatic heterocycles. The Bertz CT molecular complexity index is 2090. The zero-order valence-electron chi connectivity index (χ0n) is 21.4.